The molecule has 0 aromatic heterocycles. The van der Waals surface area contributed by atoms with Crippen LogP contribution in [0.5, 0.6) is 5.75 Å². The lowest BCUT2D eigenvalue weighted by molar-refractivity contribution is -0.123. The minimum Gasteiger partial charge on any atom is -0.493 e. The van der Waals surface area contributed by atoms with E-state index in [-0.39, 0.29) is 6.54 Å². The lowest BCUT2D eigenvalue weighted by Gasteiger charge is -2.13. The van der Waals surface area contributed by atoms with Gasteiger partial charge in [-0.15, -0.1) is 0 Å². The number of nitrogens with zero attached hydrogens (tertiary/aromatic N) is 1. The molecule has 30 heavy (non-hydrogen) atoms. The Hall–Kier alpha value is -3.12. The third kappa shape index (κ3) is 3.96. The highest BCUT2D eigenvalue weighted by atomic mass is 32.2. The number of halogens is 1. The Morgan fingerprint density at radius 2 is 1.80 bits per heavy atom. The van der Waals surface area contributed by atoms with E-state index in [2.05, 4.69) is 0 Å². The van der Waals surface area contributed by atoms with Crippen molar-refractivity contribution in [3.05, 3.63) is 82.5 Å². The van der Waals surface area contributed by atoms with E-state index in [9.17, 15) is 14.0 Å². The van der Waals surface area contributed by atoms with Crippen LogP contribution in [0.3, 0.4) is 0 Å². The predicted octanol–water partition coefficient (Wildman–Crippen LogP) is 6.00. The van der Waals surface area contributed by atoms with Gasteiger partial charge in [-0.1, -0.05) is 55.5 Å². The van der Waals surface area contributed by atoms with Crippen molar-refractivity contribution >= 4 is 39.8 Å². The summed E-state index contributed by atoms with van der Waals surface area (Å²) in [5.41, 5.74) is 1.07. The van der Waals surface area contributed by atoms with E-state index in [1.54, 1.807) is 24.3 Å². The number of thioether (sulfide) groups is 1. The predicted molar refractivity (Wildman–Crippen MR) is 118 cm³/mol. The molecule has 4 rings (SSSR count). The van der Waals surface area contributed by atoms with Gasteiger partial charge in [0.15, 0.2) is 0 Å². The molecule has 1 heterocycles. The van der Waals surface area contributed by atoms with Gasteiger partial charge in [0.25, 0.3) is 11.1 Å². The number of imide groups is 1. The van der Waals surface area contributed by atoms with Crippen LogP contribution in [-0.4, -0.2) is 22.7 Å². The number of fused-ring (bicyclic) bond motifs is 1. The first kappa shape index (κ1) is 20.2. The van der Waals surface area contributed by atoms with Crippen LogP contribution in [0.2, 0.25) is 0 Å². The number of benzene rings is 3. The maximum Gasteiger partial charge on any atom is 0.293 e. The summed E-state index contributed by atoms with van der Waals surface area (Å²) < 4.78 is 19.9. The highest BCUT2D eigenvalue weighted by molar-refractivity contribution is 8.18. The molecule has 4 nitrogen and oxygen atoms in total. The molecule has 3 aromatic carbocycles. The normalized spacial score (nSPS) is 15.4. The van der Waals surface area contributed by atoms with Crippen LogP contribution in [0.4, 0.5) is 9.18 Å². The van der Waals surface area contributed by atoms with Crippen LogP contribution >= 0.6 is 11.8 Å². The molecule has 1 saturated heterocycles. The molecule has 0 radical (unpaired) electrons. The smallest absolute Gasteiger partial charge is 0.293 e. The first-order valence-corrected chi connectivity index (χ1v) is 10.5. The van der Waals surface area contributed by atoms with E-state index in [0.717, 1.165) is 39.4 Å². The van der Waals surface area contributed by atoms with Crippen molar-refractivity contribution in [1.82, 2.24) is 4.90 Å². The van der Waals surface area contributed by atoms with E-state index in [0.29, 0.717) is 22.8 Å². The zero-order chi connectivity index (χ0) is 21.1. The molecule has 1 fully saturated rings. The Labute approximate surface area is 178 Å². The van der Waals surface area contributed by atoms with Crippen LogP contribution in [0.25, 0.3) is 16.8 Å². The quantitative estimate of drug-likeness (QED) is 0.458. The van der Waals surface area contributed by atoms with Gasteiger partial charge in [-0.05, 0) is 47.2 Å². The van der Waals surface area contributed by atoms with Crippen LogP contribution in [0, 0.1) is 5.82 Å². The van der Waals surface area contributed by atoms with Gasteiger partial charge in [-0.2, -0.15) is 0 Å². The van der Waals surface area contributed by atoms with Gasteiger partial charge < -0.3 is 4.74 Å². The van der Waals surface area contributed by atoms with Gasteiger partial charge in [0.1, 0.15) is 11.6 Å². The number of hydrogen-bond acceptors (Lipinski definition) is 4. The SMILES string of the molecule is CCCOc1ccc2ccccc2c1/C=C1\SC(=O)N(Cc2ccccc2F)C1=O. The van der Waals surface area contributed by atoms with E-state index < -0.39 is 17.0 Å². The van der Waals surface area contributed by atoms with Crippen molar-refractivity contribution in [2.45, 2.75) is 19.9 Å². The summed E-state index contributed by atoms with van der Waals surface area (Å²) >= 11 is 0.863. The summed E-state index contributed by atoms with van der Waals surface area (Å²) in [6.45, 7) is 2.48. The van der Waals surface area contributed by atoms with Gasteiger partial charge in [-0.25, -0.2) is 4.39 Å². The minimum atomic E-state index is -0.440. The third-order valence-electron chi connectivity index (χ3n) is 4.83. The first-order chi connectivity index (χ1) is 14.6. The maximum atomic E-state index is 14.0. The number of hydrogen-bond donors (Lipinski definition) is 0. The Morgan fingerprint density at radius 3 is 2.60 bits per heavy atom. The molecule has 1 aliphatic heterocycles. The molecule has 0 spiro atoms. The fourth-order valence-corrected chi connectivity index (χ4v) is 4.15. The molecular formula is C24H20FNO3S. The second kappa shape index (κ2) is 8.71. The van der Waals surface area contributed by atoms with E-state index in [4.69, 9.17) is 4.74 Å². The van der Waals surface area contributed by atoms with Crippen molar-refractivity contribution in [3.63, 3.8) is 0 Å². The summed E-state index contributed by atoms with van der Waals surface area (Å²) in [4.78, 5) is 26.8. The Bertz CT molecular complexity index is 1160. The van der Waals surface area contributed by atoms with Crippen molar-refractivity contribution in [1.29, 1.82) is 0 Å². The summed E-state index contributed by atoms with van der Waals surface area (Å²) in [7, 11) is 0. The summed E-state index contributed by atoms with van der Waals surface area (Å²) in [5.74, 6) is -0.205. The fourth-order valence-electron chi connectivity index (χ4n) is 3.33. The van der Waals surface area contributed by atoms with Crippen LogP contribution in [0.1, 0.15) is 24.5 Å². The van der Waals surface area contributed by atoms with Gasteiger partial charge >= 0.3 is 0 Å². The van der Waals surface area contributed by atoms with Crippen LogP contribution < -0.4 is 4.74 Å². The lowest BCUT2D eigenvalue weighted by atomic mass is 10.0. The zero-order valence-electron chi connectivity index (χ0n) is 16.4. The lowest BCUT2D eigenvalue weighted by Crippen LogP contribution is -2.27. The van der Waals surface area contributed by atoms with Gasteiger partial charge in [0.2, 0.25) is 0 Å². The standard InChI is InChI=1S/C24H20FNO3S/c1-2-13-29-21-12-11-16-7-3-5-9-18(16)19(21)14-22-23(27)26(24(28)30-22)15-17-8-4-6-10-20(17)25/h3-12,14H,2,13,15H2,1H3/b22-14-. The number of carbonyl (C=O) groups is 2. The van der Waals surface area contributed by atoms with E-state index in [1.807, 2.05) is 43.3 Å². The average molecular weight is 421 g/mol. The van der Waals surface area contributed by atoms with Gasteiger partial charge in [-0.3, -0.25) is 14.5 Å². The highest BCUT2D eigenvalue weighted by Crippen LogP contribution is 2.37. The van der Waals surface area contributed by atoms with E-state index >= 15 is 0 Å². The molecular weight excluding hydrogens is 401 g/mol. The van der Waals surface area contributed by atoms with Crippen molar-refractivity contribution in [3.8, 4) is 5.75 Å². The van der Waals surface area contributed by atoms with Crippen molar-refractivity contribution in [2.75, 3.05) is 6.61 Å². The summed E-state index contributed by atoms with van der Waals surface area (Å²) in [5, 5.41) is 1.54. The third-order valence-corrected chi connectivity index (χ3v) is 5.74. The number of carbonyl (C=O) groups excluding carboxylic acids is 2. The number of ether oxygens (including phenoxy) is 1. The molecule has 3 aromatic rings. The second-order valence-electron chi connectivity index (χ2n) is 6.91. The summed E-state index contributed by atoms with van der Waals surface area (Å²) in [6.07, 6.45) is 2.56. The number of rotatable bonds is 6. The van der Waals surface area contributed by atoms with Crippen molar-refractivity contribution in [2.24, 2.45) is 0 Å². The second-order valence-corrected chi connectivity index (χ2v) is 7.90. The molecule has 1 aliphatic rings. The summed E-state index contributed by atoms with van der Waals surface area (Å²) in [6, 6.07) is 17.8. The first-order valence-electron chi connectivity index (χ1n) is 9.72. The molecule has 152 valence electrons. The fraction of sp³-hybridized carbons (Fsp3) is 0.167. The molecule has 0 bridgehead atoms. The monoisotopic (exact) mass is 421 g/mol. The Morgan fingerprint density at radius 1 is 1.03 bits per heavy atom. The Kier molecular flexibility index (Phi) is 5.86. The molecule has 0 aliphatic carbocycles. The molecule has 0 atom stereocenters. The highest BCUT2D eigenvalue weighted by Gasteiger charge is 2.35. The number of amides is 2. The topological polar surface area (TPSA) is 46.6 Å². The van der Waals surface area contributed by atoms with E-state index in [1.165, 1.54) is 6.07 Å². The maximum absolute atomic E-state index is 14.0. The molecule has 0 unspecified atom stereocenters. The van der Waals surface area contributed by atoms with Gasteiger partial charge in [0, 0.05) is 11.1 Å². The Balaban J connectivity index is 1.71. The van der Waals surface area contributed by atoms with Crippen molar-refractivity contribution < 1.29 is 18.7 Å². The largest absolute Gasteiger partial charge is 0.493 e. The molecule has 6 heteroatoms. The van der Waals surface area contributed by atoms with Gasteiger partial charge in [0.05, 0.1) is 18.1 Å². The minimum absolute atomic E-state index is 0.0938. The average Bonchev–Trinajstić information content (AvgIpc) is 3.02. The molecule has 0 saturated carbocycles. The molecule has 0 N–H and O–H groups in total. The molecule has 2 amide bonds. The van der Waals surface area contributed by atoms with Crippen LogP contribution in [-0.2, 0) is 11.3 Å². The van der Waals surface area contributed by atoms with Crippen LogP contribution in [0.15, 0.2) is 65.6 Å². The zero-order valence-corrected chi connectivity index (χ0v) is 17.2.